The van der Waals surface area contributed by atoms with Crippen LogP contribution in [0.15, 0.2) is 37.2 Å². The molecule has 0 aliphatic heterocycles. The number of H-pyrrole nitrogens is 1. The van der Waals surface area contributed by atoms with Gasteiger partial charge in [-0.25, -0.2) is 4.98 Å². The molecule has 2 aromatic rings. The van der Waals surface area contributed by atoms with Gasteiger partial charge >= 0.3 is 0 Å². The Morgan fingerprint density at radius 3 is 3.00 bits per heavy atom. The highest BCUT2D eigenvalue weighted by molar-refractivity contribution is 5.97. The molecule has 2 rings (SSSR count). The van der Waals surface area contributed by atoms with Crippen LogP contribution in [0.4, 0.5) is 0 Å². The van der Waals surface area contributed by atoms with Gasteiger partial charge in [0, 0.05) is 18.2 Å². The van der Waals surface area contributed by atoms with Gasteiger partial charge in [0.05, 0.1) is 17.4 Å². The van der Waals surface area contributed by atoms with E-state index in [0.717, 1.165) is 11.0 Å². The minimum atomic E-state index is 0.0152. The summed E-state index contributed by atoms with van der Waals surface area (Å²) in [6, 6.07) is 5.64. The number of hydrogen-bond donors (Lipinski definition) is 1. The predicted molar refractivity (Wildman–Crippen MR) is 72.5 cm³/mol. The molecule has 1 heterocycles. The van der Waals surface area contributed by atoms with Crippen molar-refractivity contribution in [1.82, 2.24) is 14.9 Å². The average molecular weight is 243 g/mol. The molecule has 0 atom stereocenters. The third kappa shape index (κ3) is 2.27. The first-order valence-corrected chi connectivity index (χ1v) is 5.98. The molecule has 4 nitrogen and oxygen atoms in total. The van der Waals surface area contributed by atoms with Gasteiger partial charge in [0.25, 0.3) is 5.91 Å². The summed E-state index contributed by atoms with van der Waals surface area (Å²) >= 11 is 0. The highest BCUT2D eigenvalue weighted by Gasteiger charge is 2.17. The largest absolute Gasteiger partial charge is 0.345 e. The second kappa shape index (κ2) is 5.04. The fourth-order valence-electron chi connectivity index (χ4n) is 1.90. The summed E-state index contributed by atoms with van der Waals surface area (Å²) in [4.78, 5) is 21.3. The van der Waals surface area contributed by atoms with Crippen LogP contribution < -0.4 is 0 Å². The number of fused-ring (bicyclic) bond motifs is 1. The van der Waals surface area contributed by atoms with Gasteiger partial charge in [-0.3, -0.25) is 4.79 Å². The highest BCUT2D eigenvalue weighted by Crippen LogP contribution is 2.14. The molecule has 1 amide bonds. The standard InChI is InChI=1S/C14H17N3O/c1-4-7-17(10(2)3)14(18)11-5-6-12-13(8-11)16-9-15-12/h4-6,8-10H,1,7H2,2-3H3,(H,15,16). The second-order valence-electron chi connectivity index (χ2n) is 4.47. The van der Waals surface area contributed by atoms with E-state index in [4.69, 9.17) is 0 Å². The Morgan fingerprint density at radius 2 is 2.33 bits per heavy atom. The van der Waals surface area contributed by atoms with Crippen molar-refractivity contribution >= 4 is 16.9 Å². The third-order valence-electron chi connectivity index (χ3n) is 2.88. The fourth-order valence-corrected chi connectivity index (χ4v) is 1.90. The van der Waals surface area contributed by atoms with Gasteiger partial charge in [-0.15, -0.1) is 6.58 Å². The monoisotopic (exact) mass is 243 g/mol. The van der Waals surface area contributed by atoms with E-state index in [9.17, 15) is 4.79 Å². The van der Waals surface area contributed by atoms with Gasteiger partial charge in [-0.1, -0.05) is 6.08 Å². The van der Waals surface area contributed by atoms with Crippen molar-refractivity contribution in [1.29, 1.82) is 0 Å². The molecule has 0 radical (unpaired) electrons. The van der Waals surface area contributed by atoms with Crippen molar-refractivity contribution in [2.75, 3.05) is 6.54 Å². The number of hydrogen-bond acceptors (Lipinski definition) is 2. The van der Waals surface area contributed by atoms with Gasteiger partial charge in [0.15, 0.2) is 0 Å². The molecule has 0 spiro atoms. The van der Waals surface area contributed by atoms with Crippen LogP contribution in [-0.4, -0.2) is 33.4 Å². The highest BCUT2D eigenvalue weighted by atomic mass is 16.2. The molecule has 0 bridgehead atoms. The lowest BCUT2D eigenvalue weighted by molar-refractivity contribution is 0.0729. The zero-order valence-corrected chi connectivity index (χ0v) is 10.7. The van der Waals surface area contributed by atoms with Crippen molar-refractivity contribution in [2.45, 2.75) is 19.9 Å². The molecule has 0 fully saturated rings. The summed E-state index contributed by atoms with van der Waals surface area (Å²) in [5.74, 6) is 0.0152. The predicted octanol–water partition coefficient (Wildman–Crippen LogP) is 2.60. The summed E-state index contributed by atoms with van der Waals surface area (Å²) in [7, 11) is 0. The average Bonchev–Trinajstić information content (AvgIpc) is 2.81. The fraction of sp³-hybridized carbons (Fsp3) is 0.286. The van der Waals surface area contributed by atoms with E-state index in [-0.39, 0.29) is 11.9 Å². The number of nitrogens with zero attached hydrogens (tertiary/aromatic N) is 2. The summed E-state index contributed by atoms with van der Waals surface area (Å²) in [5.41, 5.74) is 2.41. The van der Waals surface area contributed by atoms with Crippen LogP contribution in [0.25, 0.3) is 11.0 Å². The Morgan fingerprint density at radius 1 is 1.56 bits per heavy atom. The van der Waals surface area contributed by atoms with Crippen LogP contribution in [0.2, 0.25) is 0 Å². The zero-order chi connectivity index (χ0) is 13.1. The number of imidazole rings is 1. The first kappa shape index (κ1) is 12.4. The Hall–Kier alpha value is -2.10. The Balaban J connectivity index is 2.33. The summed E-state index contributed by atoms with van der Waals surface area (Å²) in [5, 5.41) is 0. The molecule has 4 heteroatoms. The Labute approximate surface area is 106 Å². The molecule has 0 aliphatic carbocycles. The molecular formula is C14H17N3O. The van der Waals surface area contributed by atoms with Gasteiger partial charge in [-0.05, 0) is 32.0 Å². The number of amides is 1. The molecule has 1 aromatic carbocycles. The maximum Gasteiger partial charge on any atom is 0.254 e. The number of rotatable bonds is 4. The van der Waals surface area contributed by atoms with E-state index in [0.29, 0.717) is 12.1 Å². The van der Waals surface area contributed by atoms with E-state index in [1.165, 1.54) is 0 Å². The van der Waals surface area contributed by atoms with Crippen molar-refractivity contribution in [2.24, 2.45) is 0 Å². The molecule has 94 valence electrons. The summed E-state index contributed by atoms with van der Waals surface area (Å²) in [6.07, 6.45) is 3.37. The lowest BCUT2D eigenvalue weighted by Crippen LogP contribution is -2.37. The zero-order valence-electron chi connectivity index (χ0n) is 10.7. The number of benzene rings is 1. The SMILES string of the molecule is C=CCN(C(=O)c1ccc2nc[nH]c2c1)C(C)C. The number of nitrogens with one attached hydrogen (secondary N) is 1. The molecule has 0 saturated carbocycles. The van der Waals surface area contributed by atoms with E-state index >= 15 is 0 Å². The van der Waals surface area contributed by atoms with Gasteiger partial charge in [0.2, 0.25) is 0 Å². The van der Waals surface area contributed by atoms with Crippen molar-refractivity contribution in [3.05, 3.63) is 42.7 Å². The van der Waals surface area contributed by atoms with Crippen LogP contribution in [0.3, 0.4) is 0 Å². The topological polar surface area (TPSA) is 49.0 Å². The number of carbonyl (C=O) groups excluding carboxylic acids is 1. The maximum atomic E-state index is 12.4. The van der Waals surface area contributed by atoms with Crippen LogP contribution in [0.5, 0.6) is 0 Å². The van der Waals surface area contributed by atoms with Crippen LogP contribution in [0, 0.1) is 0 Å². The number of aromatic amines is 1. The Bertz CT molecular complexity index is 571. The van der Waals surface area contributed by atoms with Crippen molar-refractivity contribution < 1.29 is 4.79 Å². The maximum absolute atomic E-state index is 12.4. The van der Waals surface area contributed by atoms with Gasteiger partial charge in [0.1, 0.15) is 0 Å². The lowest BCUT2D eigenvalue weighted by Gasteiger charge is -2.25. The van der Waals surface area contributed by atoms with Crippen LogP contribution >= 0.6 is 0 Å². The van der Waals surface area contributed by atoms with E-state index < -0.39 is 0 Å². The second-order valence-corrected chi connectivity index (χ2v) is 4.47. The molecule has 0 unspecified atom stereocenters. The quantitative estimate of drug-likeness (QED) is 0.839. The molecule has 1 N–H and O–H groups in total. The van der Waals surface area contributed by atoms with Crippen molar-refractivity contribution in [3.8, 4) is 0 Å². The lowest BCUT2D eigenvalue weighted by atomic mass is 10.1. The van der Waals surface area contributed by atoms with E-state index in [1.807, 2.05) is 32.0 Å². The molecule has 18 heavy (non-hydrogen) atoms. The molecular weight excluding hydrogens is 226 g/mol. The third-order valence-corrected chi connectivity index (χ3v) is 2.88. The first-order valence-electron chi connectivity index (χ1n) is 5.98. The number of carbonyl (C=O) groups is 1. The van der Waals surface area contributed by atoms with Gasteiger partial charge < -0.3 is 9.88 Å². The van der Waals surface area contributed by atoms with E-state index in [2.05, 4.69) is 16.5 Å². The van der Waals surface area contributed by atoms with Gasteiger partial charge in [-0.2, -0.15) is 0 Å². The van der Waals surface area contributed by atoms with Crippen LogP contribution in [-0.2, 0) is 0 Å². The summed E-state index contributed by atoms with van der Waals surface area (Å²) in [6.45, 7) is 8.24. The minimum Gasteiger partial charge on any atom is -0.345 e. The normalized spacial score (nSPS) is 10.8. The first-order chi connectivity index (χ1) is 8.63. The molecule has 0 saturated heterocycles. The Kier molecular flexibility index (Phi) is 3.46. The summed E-state index contributed by atoms with van der Waals surface area (Å²) < 4.78 is 0. The number of aromatic nitrogens is 2. The molecule has 1 aromatic heterocycles. The van der Waals surface area contributed by atoms with Crippen LogP contribution in [0.1, 0.15) is 24.2 Å². The minimum absolute atomic E-state index is 0.0152. The van der Waals surface area contributed by atoms with Crippen molar-refractivity contribution in [3.63, 3.8) is 0 Å². The molecule has 0 aliphatic rings. The smallest absolute Gasteiger partial charge is 0.254 e. The van der Waals surface area contributed by atoms with E-state index in [1.54, 1.807) is 17.3 Å².